The van der Waals surface area contributed by atoms with Crippen LogP contribution < -0.4 is 5.32 Å². The van der Waals surface area contributed by atoms with E-state index < -0.39 is 0 Å². The van der Waals surface area contributed by atoms with Crippen LogP contribution in [0.15, 0.2) is 0 Å². The van der Waals surface area contributed by atoms with E-state index in [1.165, 1.54) is 0 Å². The molecule has 0 rings (SSSR count). The van der Waals surface area contributed by atoms with Crippen LogP contribution in [0.3, 0.4) is 0 Å². The molecule has 3 heteroatoms. The number of carbonyl (C=O) groups excluding carboxylic acids is 1. The van der Waals surface area contributed by atoms with E-state index in [0.29, 0.717) is 0 Å². The van der Waals surface area contributed by atoms with E-state index in [1.54, 1.807) is 7.05 Å². The lowest BCUT2D eigenvalue weighted by Crippen LogP contribution is -2.37. The molecule has 0 aliphatic heterocycles. The second kappa shape index (κ2) is 5.67. The molecule has 1 unspecified atom stereocenters. The fourth-order valence-corrected chi connectivity index (χ4v) is 1.43. The third kappa shape index (κ3) is 6.83. The van der Waals surface area contributed by atoms with Gasteiger partial charge in [-0.25, -0.2) is 0 Å². The standard InChI is InChI=1S/C13H27NO2/c1-12(2,3)8-10(13(4,5)6)16-11(15)9-14-7/h10,14H,8-9H2,1-7H3. The molecule has 16 heavy (non-hydrogen) atoms. The summed E-state index contributed by atoms with van der Waals surface area (Å²) in [6.45, 7) is 13.1. The summed E-state index contributed by atoms with van der Waals surface area (Å²) >= 11 is 0. The van der Waals surface area contributed by atoms with Crippen molar-refractivity contribution in [2.24, 2.45) is 10.8 Å². The van der Waals surface area contributed by atoms with E-state index in [-0.39, 0.29) is 29.4 Å². The van der Waals surface area contributed by atoms with Crippen molar-refractivity contribution < 1.29 is 9.53 Å². The molecule has 3 nitrogen and oxygen atoms in total. The second-order valence-electron chi connectivity index (χ2n) is 6.64. The molecule has 0 saturated carbocycles. The van der Waals surface area contributed by atoms with Crippen molar-refractivity contribution >= 4 is 5.97 Å². The zero-order chi connectivity index (χ0) is 13.0. The van der Waals surface area contributed by atoms with Gasteiger partial charge in [0.15, 0.2) is 0 Å². The molecule has 0 bridgehead atoms. The Morgan fingerprint density at radius 1 is 1.19 bits per heavy atom. The Morgan fingerprint density at radius 3 is 2.00 bits per heavy atom. The van der Waals surface area contributed by atoms with E-state index >= 15 is 0 Å². The second-order valence-corrected chi connectivity index (χ2v) is 6.64. The third-order valence-electron chi connectivity index (χ3n) is 2.36. The topological polar surface area (TPSA) is 38.3 Å². The average Bonchev–Trinajstić information content (AvgIpc) is 1.98. The number of hydrogen-bond donors (Lipinski definition) is 1. The van der Waals surface area contributed by atoms with Gasteiger partial charge in [-0.1, -0.05) is 41.5 Å². The van der Waals surface area contributed by atoms with Gasteiger partial charge in [-0.3, -0.25) is 4.79 Å². The van der Waals surface area contributed by atoms with Crippen molar-refractivity contribution in [1.29, 1.82) is 0 Å². The zero-order valence-corrected chi connectivity index (χ0v) is 11.8. The van der Waals surface area contributed by atoms with Crippen molar-refractivity contribution in [3.05, 3.63) is 0 Å². The molecule has 1 N–H and O–H groups in total. The van der Waals surface area contributed by atoms with E-state index in [2.05, 4.69) is 46.9 Å². The summed E-state index contributed by atoms with van der Waals surface area (Å²) in [6, 6.07) is 0. The summed E-state index contributed by atoms with van der Waals surface area (Å²) in [5, 5.41) is 2.81. The lowest BCUT2D eigenvalue weighted by molar-refractivity contribution is -0.155. The maximum absolute atomic E-state index is 11.5. The van der Waals surface area contributed by atoms with Crippen LogP contribution in [0.1, 0.15) is 48.0 Å². The third-order valence-corrected chi connectivity index (χ3v) is 2.36. The highest BCUT2D eigenvalue weighted by molar-refractivity contribution is 5.71. The Bertz CT molecular complexity index is 223. The Balaban J connectivity index is 4.52. The highest BCUT2D eigenvalue weighted by atomic mass is 16.5. The van der Waals surface area contributed by atoms with Crippen LogP contribution in [-0.2, 0) is 9.53 Å². The number of rotatable bonds is 4. The molecular weight excluding hydrogens is 202 g/mol. The van der Waals surface area contributed by atoms with E-state index in [0.717, 1.165) is 6.42 Å². The molecular formula is C13H27NO2. The van der Waals surface area contributed by atoms with Gasteiger partial charge in [-0.15, -0.1) is 0 Å². The van der Waals surface area contributed by atoms with Crippen LogP contribution >= 0.6 is 0 Å². The largest absolute Gasteiger partial charge is 0.461 e. The van der Waals surface area contributed by atoms with E-state index in [4.69, 9.17) is 4.74 Å². The fraction of sp³-hybridized carbons (Fsp3) is 0.923. The molecule has 0 aromatic heterocycles. The van der Waals surface area contributed by atoms with Crippen LogP contribution in [0, 0.1) is 10.8 Å². The molecule has 1 atom stereocenters. The van der Waals surface area contributed by atoms with Gasteiger partial charge in [0.2, 0.25) is 0 Å². The molecule has 0 aromatic carbocycles. The van der Waals surface area contributed by atoms with Gasteiger partial charge in [-0.2, -0.15) is 0 Å². The van der Waals surface area contributed by atoms with Gasteiger partial charge in [0.05, 0.1) is 6.54 Å². The van der Waals surface area contributed by atoms with Crippen molar-refractivity contribution in [2.45, 2.75) is 54.1 Å². The molecule has 0 heterocycles. The minimum Gasteiger partial charge on any atom is -0.461 e. The first kappa shape index (κ1) is 15.4. The van der Waals surface area contributed by atoms with Crippen molar-refractivity contribution in [3.8, 4) is 0 Å². The fourth-order valence-electron chi connectivity index (χ4n) is 1.43. The lowest BCUT2D eigenvalue weighted by atomic mass is 9.78. The Kier molecular flexibility index (Phi) is 5.47. The number of likely N-dealkylation sites (N-methyl/N-ethyl adjacent to an activating group) is 1. The SMILES string of the molecule is CNCC(=O)OC(CC(C)(C)C)C(C)(C)C. The molecule has 0 amide bonds. The lowest BCUT2D eigenvalue weighted by Gasteiger charge is -2.35. The Hall–Kier alpha value is -0.570. The highest BCUT2D eigenvalue weighted by Crippen LogP contribution is 2.32. The molecule has 0 aliphatic rings. The normalized spacial score (nSPS) is 14.7. The van der Waals surface area contributed by atoms with Gasteiger partial charge in [0, 0.05) is 0 Å². The first-order chi connectivity index (χ1) is 7.06. The van der Waals surface area contributed by atoms with E-state index in [1.807, 2.05) is 0 Å². The Labute approximate surface area is 99.9 Å². The summed E-state index contributed by atoms with van der Waals surface area (Å²) in [5.41, 5.74) is 0.147. The zero-order valence-electron chi connectivity index (χ0n) is 11.8. The summed E-state index contributed by atoms with van der Waals surface area (Å²) in [4.78, 5) is 11.5. The molecule has 0 spiro atoms. The molecule has 0 aliphatic carbocycles. The molecule has 0 aromatic rings. The maximum Gasteiger partial charge on any atom is 0.320 e. The number of nitrogens with one attached hydrogen (secondary N) is 1. The first-order valence-corrected chi connectivity index (χ1v) is 5.90. The summed E-state index contributed by atoms with van der Waals surface area (Å²) in [7, 11) is 1.75. The van der Waals surface area contributed by atoms with Crippen molar-refractivity contribution in [3.63, 3.8) is 0 Å². The van der Waals surface area contributed by atoms with Crippen molar-refractivity contribution in [2.75, 3.05) is 13.6 Å². The number of ether oxygens (including phenoxy) is 1. The van der Waals surface area contributed by atoms with Crippen LogP contribution in [0.5, 0.6) is 0 Å². The average molecular weight is 229 g/mol. The van der Waals surface area contributed by atoms with Gasteiger partial charge in [0.1, 0.15) is 6.10 Å². The molecule has 0 fully saturated rings. The van der Waals surface area contributed by atoms with Crippen LogP contribution in [0.4, 0.5) is 0 Å². The molecule has 0 saturated heterocycles. The summed E-state index contributed by atoms with van der Waals surface area (Å²) < 4.78 is 5.53. The Morgan fingerprint density at radius 2 is 1.69 bits per heavy atom. The first-order valence-electron chi connectivity index (χ1n) is 5.90. The molecule has 96 valence electrons. The van der Waals surface area contributed by atoms with Gasteiger partial charge in [0.25, 0.3) is 0 Å². The predicted molar refractivity (Wildman–Crippen MR) is 67.3 cm³/mol. The van der Waals surface area contributed by atoms with Gasteiger partial charge < -0.3 is 10.1 Å². The molecule has 0 radical (unpaired) electrons. The monoisotopic (exact) mass is 229 g/mol. The number of carbonyl (C=O) groups is 1. The van der Waals surface area contributed by atoms with Gasteiger partial charge in [-0.05, 0) is 24.3 Å². The summed E-state index contributed by atoms with van der Waals surface area (Å²) in [5.74, 6) is -0.174. The van der Waals surface area contributed by atoms with Gasteiger partial charge >= 0.3 is 5.97 Å². The minimum atomic E-state index is -0.174. The maximum atomic E-state index is 11.5. The van der Waals surface area contributed by atoms with Crippen molar-refractivity contribution in [1.82, 2.24) is 5.32 Å². The highest BCUT2D eigenvalue weighted by Gasteiger charge is 2.31. The van der Waals surface area contributed by atoms with Crippen LogP contribution in [0.25, 0.3) is 0 Å². The predicted octanol–water partition coefficient (Wildman–Crippen LogP) is 2.60. The number of hydrogen-bond acceptors (Lipinski definition) is 3. The number of esters is 1. The summed E-state index contributed by atoms with van der Waals surface area (Å²) in [6.07, 6.45) is 0.847. The minimum absolute atomic E-state index is 0.0172. The quantitative estimate of drug-likeness (QED) is 0.753. The van der Waals surface area contributed by atoms with E-state index in [9.17, 15) is 4.79 Å². The van der Waals surface area contributed by atoms with Crippen LogP contribution in [-0.4, -0.2) is 25.7 Å². The smallest absolute Gasteiger partial charge is 0.320 e. The van der Waals surface area contributed by atoms with Crippen LogP contribution in [0.2, 0.25) is 0 Å².